The monoisotopic (exact) mass is 354 g/mol. The maximum atomic E-state index is 12.9. The predicted molar refractivity (Wildman–Crippen MR) is 84.9 cm³/mol. The highest BCUT2D eigenvalue weighted by Crippen LogP contribution is 2.29. The van der Waals surface area contributed by atoms with E-state index in [0.29, 0.717) is 17.4 Å². The maximum absolute atomic E-state index is 12.9. The number of carbonyl (C=O) groups excluding carboxylic acids is 1. The third kappa shape index (κ3) is 3.43. The van der Waals surface area contributed by atoms with E-state index in [1.165, 1.54) is 6.07 Å². The van der Waals surface area contributed by atoms with Crippen LogP contribution < -0.4 is 0 Å². The summed E-state index contributed by atoms with van der Waals surface area (Å²) in [6, 6.07) is 4.98. The van der Waals surface area contributed by atoms with E-state index in [-0.39, 0.29) is 23.2 Å². The molecule has 5 nitrogen and oxygen atoms in total. The molecule has 0 saturated heterocycles. The van der Waals surface area contributed by atoms with E-state index in [0.717, 1.165) is 25.7 Å². The minimum Gasteiger partial charge on any atom is -0.335 e. The van der Waals surface area contributed by atoms with Gasteiger partial charge in [0.1, 0.15) is 5.56 Å². The molecule has 1 amide bonds. The van der Waals surface area contributed by atoms with Crippen molar-refractivity contribution in [1.82, 2.24) is 4.90 Å². The molecule has 0 spiro atoms. The molecule has 0 aliphatic heterocycles. The van der Waals surface area contributed by atoms with Crippen LogP contribution in [0.25, 0.3) is 0 Å². The molecule has 1 fully saturated rings. The summed E-state index contributed by atoms with van der Waals surface area (Å²) >= 11 is 3.38. The smallest absolute Gasteiger partial charge is 0.282 e. The molecule has 0 radical (unpaired) electrons. The Morgan fingerprint density at radius 1 is 1.43 bits per heavy atom. The summed E-state index contributed by atoms with van der Waals surface area (Å²) in [5, 5.41) is 11.9. The van der Waals surface area contributed by atoms with Crippen LogP contribution in [-0.4, -0.2) is 33.6 Å². The van der Waals surface area contributed by atoms with Crippen LogP contribution in [0.3, 0.4) is 0 Å². The fourth-order valence-corrected chi connectivity index (χ4v) is 3.37. The van der Waals surface area contributed by atoms with Gasteiger partial charge in [-0.1, -0.05) is 40.9 Å². The van der Waals surface area contributed by atoms with E-state index < -0.39 is 4.92 Å². The van der Waals surface area contributed by atoms with Crippen LogP contribution in [0.2, 0.25) is 0 Å². The van der Waals surface area contributed by atoms with Crippen molar-refractivity contribution in [2.75, 3.05) is 11.9 Å². The number of nitro groups is 1. The van der Waals surface area contributed by atoms with Crippen LogP contribution in [-0.2, 0) is 0 Å². The number of aryl methyl sites for hydroxylation is 1. The van der Waals surface area contributed by atoms with Gasteiger partial charge in [-0.2, -0.15) is 0 Å². The van der Waals surface area contributed by atoms with Crippen molar-refractivity contribution in [3.05, 3.63) is 39.4 Å². The topological polar surface area (TPSA) is 63.5 Å². The molecule has 0 N–H and O–H groups in total. The number of hydrogen-bond donors (Lipinski definition) is 0. The van der Waals surface area contributed by atoms with Gasteiger partial charge >= 0.3 is 0 Å². The molecule has 6 heteroatoms. The Balaban J connectivity index is 2.38. The van der Waals surface area contributed by atoms with Crippen LogP contribution in [0.15, 0.2) is 18.2 Å². The molecule has 0 bridgehead atoms. The lowest BCUT2D eigenvalue weighted by atomic mass is 10.0. The zero-order valence-electron chi connectivity index (χ0n) is 12.0. The molecule has 114 valence electrons. The van der Waals surface area contributed by atoms with Crippen molar-refractivity contribution in [2.24, 2.45) is 0 Å². The third-order valence-electron chi connectivity index (χ3n) is 4.01. The van der Waals surface area contributed by atoms with Gasteiger partial charge in [-0.05, 0) is 25.3 Å². The largest absolute Gasteiger partial charge is 0.335 e. The molecule has 1 aliphatic carbocycles. The van der Waals surface area contributed by atoms with Crippen molar-refractivity contribution >= 4 is 27.5 Å². The van der Waals surface area contributed by atoms with E-state index in [1.54, 1.807) is 24.0 Å². The Labute approximate surface area is 132 Å². The van der Waals surface area contributed by atoms with E-state index >= 15 is 0 Å². The summed E-state index contributed by atoms with van der Waals surface area (Å²) in [5.74, 6) is -0.217. The fraction of sp³-hybridized carbons (Fsp3) is 0.533. The molecule has 1 aliphatic rings. The summed E-state index contributed by atoms with van der Waals surface area (Å²) < 4.78 is 0. The summed E-state index contributed by atoms with van der Waals surface area (Å²) in [6.45, 7) is 2.33. The summed E-state index contributed by atoms with van der Waals surface area (Å²) in [6.07, 6.45) is 4.20. The Kier molecular flexibility index (Phi) is 5.33. The number of alkyl halides is 1. The van der Waals surface area contributed by atoms with Gasteiger partial charge in [0.05, 0.1) is 4.92 Å². The molecule has 1 saturated carbocycles. The standard InChI is InChI=1S/C15H19BrN2O3/c1-11-5-4-8-13(18(20)21)14(11)15(19)17(10-9-16)12-6-2-3-7-12/h4-5,8,12H,2-3,6-7,9-10H2,1H3. The van der Waals surface area contributed by atoms with Crippen molar-refractivity contribution in [3.8, 4) is 0 Å². The van der Waals surface area contributed by atoms with Crippen molar-refractivity contribution in [3.63, 3.8) is 0 Å². The lowest BCUT2D eigenvalue weighted by Gasteiger charge is -2.28. The van der Waals surface area contributed by atoms with Crippen LogP contribution in [0.1, 0.15) is 41.6 Å². The third-order valence-corrected chi connectivity index (χ3v) is 4.37. The number of nitrogens with zero attached hydrogens (tertiary/aromatic N) is 2. The summed E-state index contributed by atoms with van der Waals surface area (Å²) in [4.78, 5) is 25.4. The molecular formula is C15H19BrN2O3. The van der Waals surface area contributed by atoms with Gasteiger partial charge in [-0.3, -0.25) is 14.9 Å². The SMILES string of the molecule is Cc1cccc([N+](=O)[O-])c1C(=O)N(CCBr)C1CCCC1. The number of carbonyl (C=O) groups is 1. The van der Waals surface area contributed by atoms with Gasteiger partial charge in [-0.15, -0.1) is 0 Å². The van der Waals surface area contributed by atoms with E-state index in [4.69, 9.17) is 0 Å². The second kappa shape index (κ2) is 7.02. The minimum atomic E-state index is -0.471. The number of nitro benzene ring substituents is 1. The summed E-state index contributed by atoms with van der Waals surface area (Å²) in [7, 11) is 0. The molecule has 2 rings (SSSR count). The number of hydrogen-bond acceptors (Lipinski definition) is 3. The Morgan fingerprint density at radius 2 is 2.10 bits per heavy atom. The zero-order valence-corrected chi connectivity index (χ0v) is 13.6. The average molecular weight is 355 g/mol. The molecule has 1 aromatic carbocycles. The van der Waals surface area contributed by atoms with E-state index in [2.05, 4.69) is 15.9 Å². The molecule has 0 atom stereocenters. The molecular weight excluding hydrogens is 336 g/mol. The quantitative estimate of drug-likeness (QED) is 0.460. The average Bonchev–Trinajstić information content (AvgIpc) is 2.97. The Morgan fingerprint density at radius 3 is 2.67 bits per heavy atom. The van der Waals surface area contributed by atoms with Gasteiger partial charge in [-0.25, -0.2) is 0 Å². The lowest BCUT2D eigenvalue weighted by molar-refractivity contribution is -0.385. The van der Waals surface area contributed by atoms with Crippen LogP contribution in [0, 0.1) is 17.0 Å². The maximum Gasteiger partial charge on any atom is 0.282 e. The number of halogens is 1. The first kappa shape index (κ1) is 15.9. The minimum absolute atomic E-state index is 0.0995. The van der Waals surface area contributed by atoms with E-state index in [1.807, 2.05) is 0 Å². The normalized spacial score (nSPS) is 15.1. The molecule has 0 unspecified atom stereocenters. The first-order valence-corrected chi connectivity index (χ1v) is 8.29. The van der Waals surface area contributed by atoms with Gasteiger partial charge in [0.2, 0.25) is 0 Å². The first-order valence-electron chi connectivity index (χ1n) is 7.17. The highest BCUT2D eigenvalue weighted by molar-refractivity contribution is 9.09. The number of benzene rings is 1. The highest BCUT2D eigenvalue weighted by Gasteiger charge is 2.31. The van der Waals surface area contributed by atoms with E-state index in [9.17, 15) is 14.9 Å². The Bertz CT molecular complexity index is 542. The number of rotatable bonds is 5. The first-order chi connectivity index (χ1) is 10.1. The van der Waals surface area contributed by atoms with Crippen molar-refractivity contribution in [1.29, 1.82) is 0 Å². The Hall–Kier alpha value is -1.43. The van der Waals surface area contributed by atoms with Gasteiger partial charge in [0.15, 0.2) is 0 Å². The highest BCUT2D eigenvalue weighted by atomic mass is 79.9. The van der Waals surface area contributed by atoms with Crippen LogP contribution in [0.4, 0.5) is 5.69 Å². The second-order valence-electron chi connectivity index (χ2n) is 5.35. The molecule has 1 aromatic rings. The summed E-state index contributed by atoms with van der Waals surface area (Å²) in [5.41, 5.74) is 0.791. The zero-order chi connectivity index (χ0) is 15.4. The lowest BCUT2D eigenvalue weighted by Crippen LogP contribution is -2.40. The van der Waals surface area contributed by atoms with Crippen LogP contribution in [0.5, 0.6) is 0 Å². The number of amides is 1. The van der Waals surface area contributed by atoms with Gasteiger partial charge in [0, 0.05) is 24.0 Å². The van der Waals surface area contributed by atoms with Crippen molar-refractivity contribution in [2.45, 2.75) is 38.6 Å². The molecule has 21 heavy (non-hydrogen) atoms. The fourth-order valence-electron chi connectivity index (χ4n) is 2.98. The molecule has 0 aromatic heterocycles. The van der Waals surface area contributed by atoms with Crippen molar-refractivity contribution < 1.29 is 9.72 Å². The predicted octanol–water partition coefficient (Wildman–Crippen LogP) is 3.68. The second-order valence-corrected chi connectivity index (χ2v) is 6.14. The van der Waals surface area contributed by atoms with Gasteiger partial charge < -0.3 is 4.90 Å². The molecule has 0 heterocycles. The van der Waals surface area contributed by atoms with Crippen LogP contribution >= 0.6 is 15.9 Å². The van der Waals surface area contributed by atoms with Gasteiger partial charge in [0.25, 0.3) is 11.6 Å².